The molecule has 23 heavy (non-hydrogen) atoms. The van der Waals surface area contributed by atoms with Gasteiger partial charge in [-0.05, 0) is 43.4 Å². The van der Waals surface area contributed by atoms with Crippen LogP contribution in [0.3, 0.4) is 0 Å². The van der Waals surface area contributed by atoms with Crippen molar-refractivity contribution in [1.82, 2.24) is 5.32 Å². The topological polar surface area (TPSA) is 55.4 Å². The molecule has 2 aromatic carbocycles. The molecule has 0 saturated carbocycles. The third-order valence-electron chi connectivity index (χ3n) is 3.67. The molecule has 0 spiro atoms. The van der Waals surface area contributed by atoms with Crippen molar-refractivity contribution in [2.75, 3.05) is 19.3 Å². The standard InChI is InChI=1S/C18H23NO3S/c1-3-23(20,21)17-11-9-16(10-12-17)22-18(13-14-19-2)15-7-5-4-6-8-15/h4-12,18-19H,3,13-14H2,1-2H3. The van der Waals surface area contributed by atoms with Gasteiger partial charge in [-0.15, -0.1) is 0 Å². The molecule has 0 aromatic heterocycles. The number of hydrogen-bond acceptors (Lipinski definition) is 4. The van der Waals surface area contributed by atoms with E-state index in [0.29, 0.717) is 10.6 Å². The highest BCUT2D eigenvalue weighted by atomic mass is 32.2. The fourth-order valence-electron chi connectivity index (χ4n) is 2.29. The van der Waals surface area contributed by atoms with Gasteiger partial charge >= 0.3 is 0 Å². The number of sulfone groups is 1. The third kappa shape index (κ3) is 4.81. The highest BCUT2D eigenvalue weighted by Gasteiger charge is 2.15. The fourth-order valence-corrected chi connectivity index (χ4v) is 3.18. The van der Waals surface area contributed by atoms with Crippen LogP contribution in [0, 0.1) is 0 Å². The molecule has 0 saturated heterocycles. The largest absolute Gasteiger partial charge is 0.486 e. The second-order valence-electron chi connectivity index (χ2n) is 5.28. The van der Waals surface area contributed by atoms with Gasteiger partial charge in [0, 0.05) is 6.42 Å². The summed E-state index contributed by atoms with van der Waals surface area (Å²) < 4.78 is 29.8. The summed E-state index contributed by atoms with van der Waals surface area (Å²) in [6.07, 6.45) is 0.757. The van der Waals surface area contributed by atoms with Crippen LogP contribution in [0.2, 0.25) is 0 Å². The molecule has 0 aliphatic carbocycles. The lowest BCUT2D eigenvalue weighted by molar-refractivity contribution is 0.195. The van der Waals surface area contributed by atoms with E-state index in [1.807, 2.05) is 37.4 Å². The minimum absolute atomic E-state index is 0.0720. The molecule has 2 rings (SSSR count). The lowest BCUT2D eigenvalue weighted by Crippen LogP contribution is -2.16. The average molecular weight is 333 g/mol. The van der Waals surface area contributed by atoms with Crippen LogP contribution >= 0.6 is 0 Å². The van der Waals surface area contributed by atoms with E-state index in [1.54, 1.807) is 31.2 Å². The minimum atomic E-state index is -3.18. The minimum Gasteiger partial charge on any atom is -0.486 e. The number of hydrogen-bond donors (Lipinski definition) is 1. The van der Waals surface area contributed by atoms with Crippen molar-refractivity contribution in [3.8, 4) is 5.75 Å². The highest BCUT2D eigenvalue weighted by Crippen LogP contribution is 2.25. The van der Waals surface area contributed by atoms with Gasteiger partial charge in [-0.25, -0.2) is 8.42 Å². The van der Waals surface area contributed by atoms with E-state index in [-0.39, 0.29) is 11.9 Å². The van der Waals surface area contributed by atoms with E-state index in [9.17, 15) is 8.42 Å². The first-order valence-corrected chi connectivity index (χ1v) is 9.41. The molecule has 0 heterocycles. The maximum Gasteiger partial charge on any atom is 0.178 e. The summed E-state index contributed by atoms with van der Waals surface area (Å²) in [5.74, 6) is 0.771. The number of nitrogens with one attached hydrogen (secondary N) is 1. The molecule has 124 valence electrons. The van der Waals surface area contributed by atoms with Crippen LogP contribution in [0.5, 0.6) is 5.75 Å². The highest BCUT2D eigenvalue weighted by molar-refractivity contribution is 7.91. The maximum absolute atomic E-state index is 11.8. The van der Waals surface area contributed by atoms with Gasteiger partial charge in [0.25, 0.3) is 0 Å². The van der Waals surface area contributed by atoms with Crippen LogP contribution in [0.15, 0.2) is 59.5 Å². The van der Waals surface area contributed by atoms with Crippen molar-refractivity contribution in [1.29, 1.82) is 0 Å². The number of ether oxygens (including phenoxy) is 1. The van der Waals surface area contributed by atoms with E-state index in [2.05, 4.69) is 5.32 Å². The number of benzene rings is 2. The quantitative estimate of drug-likeness (QED) is 0.806. The Kier molecular flexibility index (Phi) is 6.19. The maximum atomic E-state index is 11.8. The van der Waals surface area contributed by atoms with Crippen LogP contribution in [-0.2, 0) is 9.84 Å². The molecule has 1 atom stereocenters. The Hall–Kier alpha value is -1.85. The van der Waals surface area contributed by atoms with Crippen molar-refractivity contribution < 1.29 is 13.2 Å². The second kappa shape index (κ2) is 8.13. The van der Waals surface area contributed by atoms with Crippen LogP contribution in [0.1, 0.15) is 25.0 Å². The van der Waals surface area contributed by atoms with E-state index in [4.69, 9.17) is 4.74 Å². The molecule has 2 aromatic rings. The van der Waals surface area contributed by atoms with Gasteiger partial charge < -0.3 is 10.1 Å². The number of rotatable bonds is 8. The van der Waals surface area contributed by atoms with Gasteiger partial charge in [0.2, 0.25) is 0 Å². The van der Waals surface area contributed by atoms with Crippen LogP contribution in [0.25, 0.3) is 0 Å². The Morgan fingerprint density at radius 3 is 2.26 bits per heavy atom. The first-order chi connectivity index (χ1) is 11.1. The van der Waals surface area contributed by atoms with Gasteiger partial charge in [-0.1, -0.05) is 37.3 Å². The lowest BCUT2D eigenvalue weighted by Gasteiger charge is -2.20. The average Bonchev–Trinajstić information content (AvgIpc) is 2.59. The van der Waals surface area contributed by atoms with E-state index in [0.717, 1.165) is 18.5 Å². The molecule has 0 aliphatic heterocycles. The van der Waals surface area contributed by atoms with Crippen LogP contribution in [0.4, 0.5) is 0 Å². The summed E-state index contributed by atoms with van der Waals surface area (Å²) in [6, 6.07) is 16.7. The summed E-state index contributed by atoms with van der Waals surface area (Å²) in [5, 5.41) is 3.13. The monoisotopic (exact) mass is 333 g/mol. The normalized spacial score (nSPS) is 12.8. The van der Waals surface area contributed by atoms with Gasteiger partial charge in [-0.2, -0.15) is 0 Å². The summed E-state index contributed by atoms with van der Waals surface area (Å²) in [7, 11) is -1.27. The first kappa shape index (κ1) is 17.5. The van der Waals surface area contributed by atoms with Crippen LogP contribution in [-0.4, -0.2) is 27.8 Å². The zero-order valence-electron chi connectivity index (χ0n) is 13.5. The second-order valence-corrected chi connectivity index (χ2v) is 7.56. The molecule has 1 unspecified atom stereocenters. The summed E-state index contributed by atoms with van der Waals surface area (Å²) in [6.45, 7) is 2.48. The van der Waals surface area contributed by atoms with Gasteiger partial charge in [0.05, 0.1) is 10.6 Å². The van der Waals surface area contributed by atoms with Crippen molar-refractivity contribution in [3.05, 3.63) is 60.2 Å². The molecule has 5 heteroatoms. The molecule has 1 N–H and O–H groups in total. The van der Waals surface area contributed by atoms with Gasteiger partial charge in [-0.3, -0.25) is 0 Å². The van der Waals surface area contributed by atoms with Crippen molar-refractivity contribution in [3.63, 3.8) is 0 Å². The third-order valence-corrected chi connectivity index (χ3v) is 5.42. The molecule has 4 nitrogen and oxygen atoms in total. The van der Waals surface area contributed by atoms with Crippen molar-refractivity contribution in [2.45, 2.75) is 24.3 Å². The Labute approximate surface area is 138 Å². The summed E-state index contributed by atoms with van der Waals surface area (Å²) in [4.78, 5) is 0.332. The molecule has 0 fully saturated rings. The van der Waals surface area contributed by atoms with Crippen LogP contribution < -0.4 is 10.1 Å². The Morgan fingerprint density at radius 2 is 1.70 bits per heavy atom. The summed E-state index contributed by atoms with van der Waals surface area (Å²) in [5.41, 5.74) is 1.10. The molecule has 0 bridgehead atoms. The van der Waals surface area contributed by atoms with E-state index < -0.39 is 9.84 Å². The Morgan fingerprint density at radius 1 is 1.04 bits per heavy atom. The SMILES string of the molecule is CCS(=O)(=O)c1ccc(OC(CCNC)c2ccccc2)cc1. The molecule has 0 amide bonds. The zero-order valence-corrected chi connectivity index (χ0v) is 14.3. The molecule has 0 aliphatic rings. The smallest absolute Gasteiger partial charge is 0.178 e. The zero-order chi connectivity index (χ0) is 16.7. The molecule has 0 radical (unpaired) electrons. The van der Waals surface area contributed by atoms with Crippen molar-refractivity contribution >= 4 is 9.84 Å². The lowest BCUT2D eigenvalue weighted by atomic mass is 10.1. The molecular formula is C18H23NO3S. The fraction of sp³-hybridized carbons (Fsp3) is 0.333. The van der Waals surface area contributed by atoms with Crippen molar-refractivity contribution in [2.24, 2.45) is 0 Å². The van der Waals surface area contributed by atoms with E-state index >= 15 is 0 Å². The van der Waals surface area contributed by atoms with E-state index in [1.165, 1.54) is 0 Å². The van der Waals surface area contributed by atoms with Gasteiger partial charge in [0.15, 0.2) is 9.84 Å². The first-order valence-electron chi connectivity index (χ1n) is 7.76. The predicted molar refractivity (Wildman–Crippen MR) is 92.5 cm³/mol. The van der Waals surface area contributed by atoms with Gasteiger partial charge in [0.1, 0.15) is 11.9 Å². The predicted octanol–water partition coefficient (Wildman–Crippen LogP) is 3.21. The summed E-state index contributed by atoms with van der Waals surface area (Å²) >= 11 is 0. The molecular weight excluding hydrogens is 310 g/mol. The Balaban J connectivity index is 2.16. The Bertz CT molecular complexity index is 697.